The van der Waals surface area contributed by atoms with E-state index in [-0.39, 0.29) is 11.3 Å². The second-order valence-corrected chi connectivity index (χ2v) is 4.33. The standard InChI is InChI=1S/C14H12F2N2O2/c1-7-4-8(15)6-9(5-7)18-11-3-2-10(16)13(17)12(11)14(19)20/h2-6,18H,17H2,1H3,(H,19,20). The van der Waals surface area contributed by atoms with Crippen LogP contribution in [-0.2, 0) is 0 Å². The molecule has 2 aromatic carbocycles. The molecule has 4 N–H and O–H groups in total. The number of hydrogen-bond acceptors (Lipinski definition) is 3. The van der Waals surface area contributed by atoms with Crippen molar-refractivity contribution in [1.82, 2.24) is 0 Å². The van der Waals surface area contributed by atoms with Crippen molar-refractivity contribution >= 4 is 23.0 Å². The molecule has 0 atom stereocenters. The van der Waals surface area contributed by atoms with Gasteiger partial charge in [-0.3, -0.25) is 0 Å². The molecule has 0 saturated carbocycles. The zero-order valence-electron chi connectivity index (χ0n) is 10.6. The smallest absolute Gasteiger partial charge is 0.340 e. The van der Waals surface area contributed by atoms with Gasteiger partial charge in [0.2, 0.25) is 0 Å². The lowest BCUT2D eigenvalue weighted by Gasteiger charge is -2.12. The van der Waals surface area contributed by atoms with E-state index in [9.17, 15) is 13.6 Å². The highest BCUT2D eigenvalue weighted by Gasteiger charge is 2.17. The molecule has 0 heterocycles. The summed E-state index contributed by atoms with van der Waals surface area (Å²) in [5.41, 5.74) is 5.71. The predicted molar refractivity (Wildman–Crippen MR) is 72.2 cm³/mol. The van der Waals surface area contributed by atoms with Crippen molar-refractivity contribution in [1.29, 1.82) is 0 Å². The number of nitrogens with one attached hydrogen (secondary N) is 1. The fourth-order valence-electron chi connectivity index (χ4n) is 1.89. The highest BCUT2D eigenvalue weighted by atomic mass is 19.1. The van der Waals surface area contributed by atoms with Gasteiger partial charge in [0, 0.05) is 5.69 Å². The van der Waals surface area contributed by atoms with Crippen molar-refractivity contribution in [2.45, 2.75) is 6.92 Å². The molecule has 0 aliphatic heterocycles. The summed E-state index contributed by atoms with van der Waals surface area (Å²) >= 11 is 0. The molecular weight excluding hydrogens is 266 g/mol. The molecule has 0 fully saturated rings. The molecule has 6 heteroatoms. The maximum atomic E-state index is 13.3. The molecule has 0 saturated heterocycles. The van der Waals surface area contributed by atoms with E-state index in [1.54, 1.807) is 13.0 Å². The van der Waals surface area contributed by atoms with Crippen LogP contribution in [0.2, 0.25) is 0 Å². The predicted octanol–water partition coefficient (Wildman–Crippen LogP) is 3.30. The normalized spacial score (nSPS) is 10.3. The van der Waals surface area contributed by atoms with Gasteiger partial charge in [0.15, 0.2) is 0 Å². The summed E-state index contributed by atoms with van der Waals surface area (Å²) in [7, 11) is 0. The topological polar surface area (TPSA) is 75.3 Å². The van der Waals surface area contributed by atoms with Crippen LogP contribution in [0.25, 0.3) is 0 Å². The Morgan fingerprint density at radius 2 is 1.95 bits per heavy atom. The van der Waals surface area contributed by atoms with Gasteiger partial charge in [-0.25, -0.2) is 13.6 Å². The van der Waals surface area contributed by atoms with Gasteiger partial charge in [0.25, 0.3) is 0 Å². The molecule has 2 rings (SSSR count). The van der Waals surface area contributed by atoms with Gasteiger partial charge >= 0.3 is 5.97 Å². The molecule has 0 radical (unpaired) electrons. The third-order valence-electron chi connectivity index (χ3n) is 2.73. The van der Waals surface area contributed by atoms with Gasteiger partial charge in [-0.2, -0.15) is 0 Å². The van der Waals surface area contributed by atoms with Gasteiger partial charge in [-0.05, 0) is 42.8 Å². The summed E-state index contributed by atoms with van der Waals surface area (Å²) in [4.78, 5) is 11.2. The lowest BCUT2D eigenvalue weighted by Crippen LogP contribution is -2.08. The Bertz CT molecular complexity index is 667. The fourth-order valence-corrected chi connectivity index (χ4v) is 1.89. The number of aryl methyl sites for hydroxylation is 1. The minimum Gasteiger partial charge on any atom is -0.478 e. The van der Waals surface area contributed by atoms with E-state index in [4.69, 9.17) is 10.8 Å². The highest BCUT2D eigenvalue weighted by Crippen LogP contribution is 2.28. The van der Waals surface area contributed by atoms with Crippen LogP contribution in [0.1, 0.15) is 15.9 Å². The number of carboxylic acid groups (broad SMARTS) is 1. The Morgan fingerprint density at radius 1 is 1.25 bits per heavy atom. The number of rotatable bonds is 3. The second kappa shape index (κ2) is 5.16. The average molecular weight is 278 g/mol. The van der Waals surface area contributed by atoms with Gasteiger partial charge in [0.05, 0.1) is 11.4 Å². The van der Waals surface area contributed by atoms with Crippen LogP contribution >= 0.6 is 0 Å². The molecule has 104 valence electrons. The van der Waals surface area contributed by atoms with Gasteiger partial charge in [-0.15, -0.1) is 0 Å². The minimum absolute atomic E-state index is 0.0985. The van der Waals surface area contributed by atoms with Crippen molar-refractivity contribution in [3.63, 3.8) is 0 Å². The van der Waals surface area contributed by atoms with Crippen LogP contribution in [0.15, 0.2) is 30.3 Å². The van der Waals surface area contributed by atoms with Crippen LogP contribution in [0.3, 0.4) is 0 Å². The molecule has 20 heavy (non-hydrogen) atoms. The third-order valence-corrected chi connectivity index (χ3v) is 2.73. The number of halogens is 2. The molecule has 0 aromatic heterocycles. The average Bonchev–Trinajstić information content (AvgIpc) is 2.32. The lowest BCUT2D eigenvalue weighted by molar-refractivity contribution is 0.0698. The first-order valence-electron chi connectivity index (χ1n) is 5.74. The monoisotopic (exact) mass is 278 g/mol. The number of carboxylic acids is 1. The third kappa shape index (κ3) is 2.69. The number of carbonyl (C=O) groups is 1. The van der Waals surface area contributed by atoms with E-state index in [1.165, 1.54) is 18.2 Å². The lowest BCUT2D eigenvalue weighted by atomic mass is 10.1. The Balaban J connectivity index is 2.48. The Hall–Kier alpha value is -2.63. The number of hydrogen-bond donors (Lipinski definition) is 3. The van der Waals surface area contributed by atoms with E-state index in [1.807, 2.05) is 0 Å². The number of nitrogen functional groups attached to an aromatic ring is 1. The number of nitrogens with two attached hydrogens (primary N) is 1. The van der Waals surface area contributed by atoms with E-state index >= 15 is 0 Å². The zero-order chi connectivity index (χ0) is 14.9. The highest BCUT2D eigenvalue weighted by molar-refractivity contribution is 6.00. The van der Waals surface area contributed by atoms with Crippen molar-refractivity contribution in [3.8, 4) is 0 Å². The molecule has 2 aromatic rings. The number of benzene rings is 2. The molecule has 0 spiro atoms. The SMILES string of the molecule is Cc1cc(F)cc(Nc2ccc(F)c(N)c2C(=O)O)c1. The van der Waals surface area contributed by atoms with E-state index in [0.717, 1.165) is 6.07 Å². The summed E-state index contributed by atoms with van der Waals surface area (Å²) in [6.45, 7) is 1.70. The number of anilines is 3. The largest absolute Gasteiger partial charge is 0.478 e. The summed E-state index contributed by atoms with van der Waals surface area (Å²) in [6.07, 6.45) is 0. The fraction of sp³-hybridized carbons (Fsp3) is 0.0714. The first-order valence-corrected chi connectivity index (χ1v) is 5.74. The molecule has 4 nitrogen and oxygen atoms in total. The Kier molecular flexibility index (Phi) is 3.56. The van der Waals surface area contributed by atoms with Crippen molar-refractivity contribution in [3.05, 3.63) is 53.1 Å². The van der Waals surface area contributed by atoms with Crippen molar-refractivity contribution < 1.29 is 18.7 Å². The molecule has 0 amide bonds. The molecular formula is C14H12F2N2O2. The van der Waals surface area contributed by atoms with Gasteiger partial charge < -0.3 is 16.2 Å². The van der Waals surface area contributed by atoms with Crippen molar-refractivity contribution in [2.24, 2.45) is 0 Å². The van der Waals surface area contributed by atoms with Crippen molar-refractivity contribution in [2.75, 3.05) is 11.1 Å². The summed E-state index contributed by atoms with van der Waals surface area (Å²) < 4.78 is 26.6. The van der Waals surface area contributed by atoms with Crippen LogP contribution < -0.4 is 11.1 Å². The van der Waals surface area contributed by atoms with E-state index in [0.29, 0.717) is 11.3 Å². The quantitative estimate of drug-likeness (QED) is 0.753. The van der Waals surface area contributed by atoms with Gasteiger partial charge in [0.1, 0.15) is 17.2 Å². The summed E-state index contributed by atoms with van der Waals surface area (Å²) in [6, 6.07) is 6.47. The molecule has 0 unspecified atom stereocenters. The molecule has 0 aliphatic rings. The van der Waals surface area contributed by atoms with Crippen LogP contribution in [0.4, 0.5) is 25.8 Å². The first kappa shape index (κ1) is 13.8. The number of aromatic carboxylic acids is 1. The molecule has 0 aliphatic carbocycles. The summed E-state index contributed by atoms with van der Waals surface area (Å²) in [5, 5.41) is 11.8. The second-order valence-electron chi connectivity index (χ2n) is 4.33. The van der Waals surface area contributed by atoms with Crippen LogP contribution in [-0.4, -0.2) is 11.1 Å². The molecule has 0 bridgehead atoms. The Morgan fingerprint density at radius 3 is 2.55 bits per heavy atom. The minimum atomic E-state index is -1.36. The summed E-state index contributed by atoms with van der Waals surface area (Å²) in [5.74, 6) is -2.64. The van der Waals surface area contributed by atoms with Gasteiger partial charge in [-0.1, -0.05) is 0 Å². The van der Waals surface area contributed by atoms with E-state index < -0.39 is 23.3 Å². The zero-order valence-corrected chi connectivity index (χ0v) is 10.6. The maximum absolute atomic E-state index is 13.3. The van der Waals surface area contributed by atoms with Crippen LogP contribution in [0, 0.1) is 18.6 Å². The van der Waals surface area contributed by atoms with Crippen LogP contribution in [0.5, 0.6) is 0 Å². The van der Waals surface area contributed by atoms with E-state index in [2.05, 4.69) is 5.32 Å². The maximum Gasteiger partial charge on any atom is 0.340 e. The Labute approximate surface area is 113 Å². The first-order chi connectivity index (χ1) is 9.38.